The van der Waals surface area contributed by atoms with Gasteiger partial charge in [-0.15, -0.1) is 0 Å². The van der Waals surface area contributed by atoms with Crippen LogP contribution in [0.4, 0.5) is 0 Å². The first-order valence-corrected chi connectivity index (χ1v) is 7.70. The zero-order valence-electron chi connectivity index (χ0n) is 11.3. The van der Waals surface area contributed by atoms with Gasteiger partial charge in [-0.1, -0.05) is 0 Å². The highest BCUT2D eigenvalue weighted by Gasteiger charge is 2.24. The van der Waals surface area contributed by atoms with Gasteiger partial charge in [0, 0.05) is 25.7 Å². The molecule has 2 N–H and O–H groups in total. The summed E-state index contributed by atoms with van der Waals surface area (Å²) >= 11 is 3.57. The topological polar surface area (TPSA) is 57.0 Å². The van der Waals surface area contributed by atoms with Crippen molar-refractivity contribution in [3.8, 4) is 11.5 Å². The van der Waals surface area contributed by atoms with Crippen LogP contribution in [-0.2, 0) is 4.74 Å². The molecule has 1 atom stereocenters. The second kappa shape index (κ2) is 6.30. The number of nitrogens with two attached hydrogens (primary N) is 1. The maximum atomic E-state index is 5.99. The molecule has 1 aromatic rings. The molecule has 0 spiro atoms. The van der Waals surface area contributed by atoms with E-state index in [4.69, 9.17) is 19.9 Å². The molecule has 0 radical (unpaired) electrons. The maximum Gasteiger partial charge on any atom is 0.175 e. The minimum absolute atomic E-state index is 0.186. The van der Waals surface area contributed by atoms with Crippen LogP contribution in [0.25, 0.3) is 0 Å². The fourth-order valence-corrected chi connectivity index (χ4v) is 3.28. The first-order valence-electron chi connectivity index (χ1n) is 6.90. The van der Waals surface area contributed by atoms with Crippen LogP contribution >= 0.6 is 15.9 Å². The van der Waals surface area contributed by atoms with Crippen molar-refractivity contribution in [1.82, 2.24) is 4.90 Å². The van der Waals surface area contributed by atoms with Gasteiger partial charge in [-0.25, -0.2) is 0 Å². The Balaban J connectivity index is 1.89. The third kappa shape index (κ3) is 2.79. The number of morpholine rings is 1. The van der Waals surface area contributed by atoms with Crippen LogP contribution in [-0.4, -0.2) is 51.0 Å². The molecule has 20 heavy (non-hydrogen) atoms. The van der Waals surface area contributed by atoms with E-state index in [1.807, 2.05) is 6.07 Å². The molecule has 0 saturated carbocycles. The second-order valence-electron chi connectivity index (χ2n) is 4.93. The lowest BCUT2D eigenvalue weighted by Gasteiger charge is -2.34. The maximum absolute atomic E-state index is 5.99. The first kappa shape index (κ1) is 14.1. The van der Waals surface area contributed by atoms with Gasteiger partial charge in [-0.05, 0) is 33.6 Å². The molecule has 2 aliphatic heterocycles. The molecule has 1 fully saturated rings. The Kier molecular flexibility index (Phi) is 4.45. The number of halogens is 1. The summed E-state index contributed by atoms with van der Waals surface area (Å²) in [5.41, 5.74) is 7.15. The molecular formula is C14H19BrN2O3. The summed E-state index contributed by atoms with van der Waals surface area (Å²) in [6.45, 7) is 5.11. The van der Waals surface area contributed by atoms with Crippen molar-refractivity contribution in [2.75, 3.05) is 46.1 Å². The highest BCUT2D eigenvalue weighted by molar-refractivity contribution is 9.10. The Morgan fingerprint density at radius 2 is 1.90 bits per heavy atom. The predicted octanol–water partition coefficient (Wildman–Crippen LogP) is 1.55. The number of nitrogens with zero attached hydrogens (tertiary/aromatic N) is 1. The molecule has 5 nitrogen and oxygen atoms in total. The summed E-state index contributed by atoms with van der Waals surface area (Å²) in [5, 5.41) is 0. The van der Waals surface area contributed by atoms with E-state index in [9.17, 15) is 0 Å². The minimum Gasteiger partial charge on any atom is -0.486 e. The number of hydrogen-bond acceptors (Lipinski definition) is 5. The molecule has 1 saturated heterocycles. The van der Waals surface area contributed by atoms with Crippen molar-refractivity contribution in [2.24, 2.45) is 5.73 Å². The van der Waals surface area contributed by atoms with Gasteiger partial charge >= 0.3 is 0 Å². The average Bonchev–Trinajstić information content (AvgIpc) is 2.49. The van der Waals surface area contributed by atoms with Crippen LogP contribution in [0.3, 0.4) is 0 Å². The van der Waals surface area contributed by atoms with E-state index in [1.54, 1.807) is 0 Å². The van der Waals surface area contributed by atoms with Gasteiger partial charge < -0.3 is 19.9 Å². The highest BCUT2D eigenvalue weighted by Crippen LogP contribution is 2.40. The van der Waals surface area contributed by atoms with Crippen LogP contribution in [0, 0.1) is 0 Å². The molecule has 0 bridgehead atoms. The molecule has 0 aliphatic carbocycles. The predicted molar refractivity (Wildman–Crippen MR) is 79.3 cm³/mol. The van der Waals surface area contributed by atoms with E-state index in [1.165, 1.54) is 0 Å². The van der Waals surface area contributed by atoms with Crippen LogP contribution in [0.15, 0.2) is 16.6 Å². The second-order valence-corrected chi connectivity index (χ2v) is 5.78. The molecule has 1 aromatic carbocycles. The van der Waals surface area contributed by atoms with Crippen LogP contribution < -0.4 is 15.2 Å². The Morgan fingerprint density at radius 3 is 2.65 bits per heavy atom. The quantitative estimate of drug-likeness (QED) is 0.903. The summed E-state index contributed by atoms with van der Waals surface area (Å²) in [6.07, 6.45) is 0. The largest absolute Gasteiger partial charge is 0.486 e. The number of rotatable bonds is 3. The Hall–Kier alpha value is -0.820. The van der Waals surface area contributed by atoms with Gasteiger partial charge in [0.15, 0.2) is 11.5 Å². The van der Waals surface area contributed by atoms with Gasteiger partial charge in [0.2, 0.25) is 0 Å². The normalized spacial score (nSPS) is 20.7. The van der Waals surface area contributed by atoms with E-state index in [0.717, 1.165) is 47.8 Å². The summed E-state index contributed by atoms with van der Waals surface area (Å²) in [6, 6.07) is 4.32. The molecule has 2 aliphatic rings. The molecule has 1 unspecified atom stereocenters. The van der Waals surface area contributed by atoms with Gasteiger partial charge in [0.05, 0.1) is 17.7 Å². The lowest BCUT2D eigenvalue weighted by atomic mass is 10.0. The van der Waals surface area contributed by atoms with Crippen molar-refractivity contribution in [2.45, 2.75) is 6.04 Å². The number of benzene rings is 1. The summed E-state index contributed by atoms with van der Waals surface area (Å²) in [4.78, 5) is 2.36. The van der Waals surface area contributed by atoms with Crippen molar-refractivity contribution in [1.29, 1.82) is 0 Å². The minimum atomic E-state index is 0.186. The summed E-state index contributed by atoms with van der Waals surface area (Å²) < 4.78 is 17.7. The van der Waals surface area contributed by atoms with Crippen molar-refractivity contribution in [3.05, 3.63) is 22.2 Å². The smallest absolute Gasteiger partial charge is 0.175 e. The van der Waals surface area contributed by atoms with E-state index in [0.29, 0.717) is 19.8 Å². The molecular weight excluding hydrogens is 324 g/mol. The van der Waals surface area contributed by atoms with Crippen LogP contribution in [0.5, 0.6) is 11.5 Å². The highest BCUT2D eigenvalue weighted by atomic mass is 79.9. The fourth-order valence-electron chi connectivity index (χ4n) is 2.71. The van der Waals surface area contributed by atoms with Crippen molar-refractivity contribution in [3.63, 3.8) is 0 Å². The summed E-state index contributed by atoms with van der Waals surface area (Å²) in [5.74, 6) is 1.59. The van der Waals surface area contributed by atoms with E-state index in [2.05, 4.69) is 26.9 Å². The lowest BCUT2D eigenvalue weighted by molar-refractivity contribution is 0.0178. The third-order valence-electron chi connectivity index (χ3n) is 3.71. The zero-order valence-corrected chi connectivity index (χ0v) is 12.9. The summed E-state index contributed by atoms with van der Waals surface area (Å²) in [7, 11) is 0. The van der Waals surface area contributed by atoms with E-state index in [-0.39, 0.29) is 6.04 Å². The number of fused-ring (bicyclic) bond motifs is 1. The zero-order chi connectivity index (χ0) is 13.9. The van der Waals surface area contributed by atoms with Gasteiger partial charge in [0.25, 0.3) is 0 Å². The van der Waals surface area contributed by atoms with E-state index < -0.39 is 0 Å². The number of hydrogen-bond donors (Lipinski definition) is 1. The Labute approximate surface area is 127 Å². The SMILES string of the molecule is NCC(c1cc(Br)c2c(c1)OCCO2)N1CCOCC1. The molecule has 0 amide bonds. The van der Waals surface area contributed by atoms with E-state index >= 15 is 0 Å². The lowest BCUT2D eigenvalue weighted by Crippen LogP contribution is -2.41. The Morgan fingerprint density at radius 1 is 1.15 bits per heavy atom. The molecule has 6 heteroatoms. The van der Waals surface area contributed by atoms with Crippen molar-refractivity contribution >= 4 is 15.9 Å². The van der Waals surface area contributed by atoms with Crippen molar-refractivity contribution < 1.29 is 14.2 Å². The molecule has 2 heterocycles. The Bertz CT molecular complexity index is 478. The van der Waals surface area contributed by atoms with Gasteiger partial charge in [-0.3, -0.25) is 4.90 Å². The van der Waals surface area contributed by atoms with Gasteiger partial charge in [-0.2, -0.15) is 0 Å². The monoisotopic (exact) mass is 342 g/mol. The first-order chi connectivity index (χ1) is 9.79. The molecule has 110 valence electrons. The van der Waals surface area contributed by atoms with Crippen LogP contribution in [0.2, 0.25) is 0 Å². The standard InChI is InChI=1S/C14H19BrN2O3/c15-11-7-10(8-13-14(11)20-6-5-19-13)12(9-16)17-1-3-18-4-2-17/h7-8,12H,1-6,9,16H2. The molecule has 3 rings (SSSR count). The fraction of sp³-hybridized carbons (Fsp3) is 0.571. The third-order valence-corrected chi connectivity index (χ3v) is 4.30. The number of ether oxygens (including phenoxy) is 3. The van der Waals surface area contributed by atoms with Crippen LogP contribution in [0.1, 0.15) is 11.6 Å². The van der Waals surface area contributed by atoms with Gasteiger partial charge in [0.1, 0.15) is 13.2 Å². The molecule has 0 aromatic heterocycles. The average molecular weight is 343 g/mol.